The lowest BCUT2D eigenvalue weighted by molar-refractivity contribution is -0.721. The van der Waals surface area contributed by atoms with Crippen LogP contribution >= 0.6 is 0 Å². The van der Waals surface area contributed by atoms with Crippen LogP contribution in [-0.4, -0.2) is 18.9 Å². The van der Waals surface area contributed by atoms with Crippen LogP contribution in [0.25, 0.3) is 0 Å². The minimum atomic E-state index is -0.522. The fourth-order valence-corrected chi connectivity index (χ4v) is 1.56. The van der Waals surface area contributed by atoms with Gasteiger partial charge in [-0.3, -0.25) is 10.6 Å². The largest absolute Gasteiger partial charge is 0.497 e. The number of hydrogen-bond acceptors (Lipinski definition) is 3. The van der Waals surface area contributed by atoms with E-state index in [1.807, 2.05) is 30.3 Å². The molecule has 0 aliphatic rings. The predicted octanol–water partition coefficient (Wildman–Crippen LogP) is 0.253. The molecule has 5 heteroatoms. The number of nitrogens with two attached hydrogens (primary N) is 1. The minimum Gasteiger partial charge on any atom is -0.497 e. The standard InChI is InChI=1S/C15H14N2O3/c1-19-13-9-7-12(8-10-13)15(18)20-17-14(16)11-5-3-2-4-6-11/h2-10H,1H3,(H2,16,17)/p+1. The SMILES string of the molecule is COc1ccc(C(=O)O[NH+]=C(N)c2ccccc2)cc1. The number of benzene rings is 2. The van der Waals surface area contributed by atoms with E-state index in [2.05, 4.69) is 5.16 Å². The average Bonchev–Trinajstić information content (AvgIpc) is 2.53. The van der Waals surface area contributed by atoms with Gasteiger partial charge in [-0.1, -0.05) is 23.4 Å². The lowest BCUT2D eigenvalue weighted by Gasteiger charge is -2.00. The summed E-state index contributed by atoms with van der Waals surface area (Å²) in [6.45, 7) is 0. The Bertz CT molecular complexity index is 607. The Labute approximate surface area is 116 Å². The summed E-state index contributed by atoms with van der Waals surface area (Å²) in [5, 5.41) is 2.44. The van der Waals surface area contributed by atoms with Gasteiger partial charge in [-0.05, 0) is 36.4 Å². The van der Waals surface area contributed by atoms with Gasteiger partial charge in [-0.25, -0.2) is 4.79 Å². The maximum absolute atomic E-state index is 11.8. The summed E-state index contributed by atoms with van der Waals surface area (Å²) in [4.78, 5) is 16.7. The van der Waals surface area contributed by atoms with E-state index in [0.717, 1.165) is 5.56 Å². The molecule has 102 valence electrons. The number of rotatable bonds is 4. The first kappa shape index (κ1) is 13.6. The quantitative estimate of drug-likeness (QED) is 0.362. The van der Waals surface area contributed by atoms with Crippen LogP contribution in [0.3, 0.4) is 0 Å². The van der Waals surface area contributed by atoms with Crippen molar-refractivity contribution in [3.05, 3.63) is 65.7 Å². The van der Waals surface area contributed by atoms with Crippen molar-refractivity contribution in [1.82, 2.24) is 0 Å². The van der Waals surface area contributed by atoms with Crippen molar-refractivity contribution in [2.75, 3.05) is 7.11 Å². The molecule has 2 rings (SSSR count). The molecule has 0 aromatic heterocycles. The smallest absolute Gasteiger partial charge is 0.387 e. The molecule has 5 nitrogen and oxygen atoms in total. The first-order valence-electron chi connectivity index (χ1n) is 6.00. The molecule has 0 bridgehead atoms. The van der Waals surface area contributed by atoms with Crippen LogP contribution in [0.2, 0.25) is 0 Å². The van der Waals surface area contributed by atoms with Gasteiger partial charge in [0.15, 0.2) is 0 Å². The fourth-order valence-electron chi connectivity index (χ4n) is 1.56. The summed E-state index contributed by atoms with van der Waals surface area (Å²) in [6, 6.07) is 15.8. The number of methoxy groups -OCH3 is 1. The summed E-state index contributed by atoms with van der Waals surface area (Å²) in [5.41, 5.74) is 6.92. The lowest BCUT2D eigenvalue weighted by Crippen LogP contribution is -2.75. The van der Waals surface area contributed by atoms with Crippen LogP contribution < -0.4 is 15.6 Å². The van der Waals surface area contributed by atoms with Gasteiger partial charge in [-0.15, -0.1) is 0 Å². The van der Waals surface area contributed by atoms with Gasteiger partial charge in [0.05, 0.1) is 18.2 Å². The molecular formula is C15H15N2O3+. The first-order valence-corrected chi connectivity index (χ1v) is 6.00. The van der Waals surface area contributed by atoms with E-state index in [9.17, 15) is 4.79 Å². The maximum atomic E-state index is 11.8. The van der Waals surface area contributed by atoms with Gasteiger partial charge in [0.1, 0.15) is 5.75 Å². The van der Waals surface area contributed by atoms with E-state index in [0.29, 0.717) is 11.3 Å². The van der Waals surface area contributed by atoms with Crippen molar-refractivity contribution < 1.29 is 19.5 Å². The number of nitrogens with one attached hydrogen (secondary N) is 1. The molecule has 2 aromatic carbocycles. The van der Waals surface area contributed by atoms with Crippen molar-refractivity contribution in [2.24, 2.45) is 5.73 Å². The molecule has 0 unspecified atom stereocenters. The Morgan fingerprint density at radius 3 is 2.25 bits per heavy atom. The zero-order valence-electron chi connectivity index (χ0n) is 11.0. The van der Waals surface area contributed by atoms with Gasteiger partial charge < -0.3 is 4.74 Å². The Morgan fingerprint density at radius 2 is 1.65 bits per heavy atom. The zero-order valence-corrected chi connectivity index (χ0v) is 11.0. The second kappa shape index (κ2) is 6.38. The third-order valence-corrected chi connectivity index (χ3v) is 2.66. The van der Waals surface area contributed by atoms with Crippen molar-refractivity contribution in [1.29, 1.82) is 0 Å². The third kappa shape index (κ3) is 3.35. The Kier molecular flexibility index (Phi) is 4.34. The van der Waals surface area contributed by atoms with Crippen LogP contribution in [0, 0.1) is 0 Å². The molecular weight excluding hydrogens is 256 g/mol. The molecule has 0 fully saturated rings. The van der Waals surface area contributed by atoms with Gasteiger partial charge in [0, 0.05) is 0 Å². The van der Waals surface area contributed by atoms with Gasteiger partial charge >= 0.3 is 11.8 Å². The number of nitrogen functional groups attached to an aromatic ring is 1. The van der Waals surface area contributed by atoms with Crippen LogP contribution in [0.5, 0.6) is 5.75 Å². The van der Waals surface area contributed by atoms with Crippen molar-refractivity contribution in [3.8, 4) is 5.75 Å². The van der Waals surface area contributed by atoms with Crippen LogP contribution in [0.15, 0.2) is 54.6 Å². The van der Waals surface area contributed by atoms with Crippen molar-refractivity contribution in [3.63, 3.8) is 0 Å². The Balaban J connectivity index is 2.04. The molecule has 0 saturated heterocycles. The van der Waals surface area contributed by atoms with Crippen LogP contribution in [0.4, 0.5) is 0 Å². The minimum absolute atomic E-state index is 0.271. The lowest BCUT2D eigenvalue weighted by atomic mass is 10.2. The second-order valence-electron chi connectivity index (χ2n) is 4.00. The highest BCUT2D eigenvalue weighted by Crippen LogP contribution is 2.11. The predicted molar refractivity (Wildman–Crippen MR) is 74.1 cm³/mol. The maximum Gasteiger partial charge on any atom is 0.387 e. The van der Waals surface area contributed by atoms with Gasteiger partial charge in [-0.2, -0.15) is 0 Å². The van der Waals surface area contributed by atoms with E-state index < -0.39 is 5.97 Å². The number of amidine groups is 1. The topological polar surface area (TPSA) is 75.5 Å². The molecule has 0 spiro atoms. The van der Waals surface area contributed by atoms with E-state index in [1.54, 1.807) is 31.4 Å². The van der Waals surface area contributed by atoms with Gasteiger partial charge in [0.25, 0.3) is 0 Å². The highest BCUT2D eigenvalue weighted by molar-refractivity contribution is 5.93. The van der Waals surface area contributed by atoms with Crippen LogP contribution in [-0.2, 0) is 4.84 Å². The number of carbonyl (C=O) groups excluding carboxylic acids is 1. The zero-order chi connectivity index (χ0) is 14.4. The summed E-state index contributed by atoms with van der Waals surface area (Å²) >= 11 is 0. The highest BCUT2D eigenvalue weighted by atomic mass is 16.7. The monoisotopic (exact) mass is 271 g/mol. The molecule has 2 aromatic rings. The Hall–Kier alpha value is -2.82. The number of carbonyl (C=O) groups is 1. The Morgan fingerprint density at radius 1 is 1.00 bits per heavy atom. The summed E-state index contributed by atoms with van der Waals surface area (Å²) in [6.07, 6.45) is 0. The van der Waals surface area contributed by atoms with E-state index in [4.69, 9.17) is 15.3 Å². The molecule has 0 amide bonds. The average molecular weight is 271 g/mol. The summed E-state index contributed by atoms with van der Waals surface area (Å²) < 4.78 is 5.01. The molecule has 0 saturated carbocycles. The summed E-state index contributed by atoms with van der Waals surface area (Å²) in [5.74, 6) is 0.420. The normalized spacial score (nSPS) is 10.9. The van der Waals surface area contributed by atoms with Gasteiger partial charge in [0.2, 0.25) is 0 Å². The first-order chi connectivity index (χ1) is 9.70. The molecule has 3 N–H and O–H groups in total. The molecule has 0 heterocycles. The highest BCUT2D eigenvalue weighted by Gasteiger charge is 2.10. The second-order valence-corrected chi connectivity index (χ2v) is 4.00. The fraction of sp³-hybridized carbons (Fsp3) is 0.0667. The number of hydrogen-bond donors (Lipinski definition) is 2. The molecule has 0 radical (unpaired) electrons. The molecule has 0 aliphatic carbocycles. The van der Waals surface area contributed by atoms with Crippen LogP contribution in [0.1, 0.15) is 15.9 Å². The van der Waals surface area contributed by atoms with Crippen molar-refractivity contribution >= 4 is 11.8 Å². The molecule has 20 heavy (non-hydrogen) atoms. The van der Waals surface area contributed by atoms with E-state index in [-0.39, 0.29) is 5.84 Å². The van der Waals surface area contributed by atoms with Crippen molar-refractivity contribution in [2.45, 2.75) is 0 Å². The number of ether oxygens (including phenoxy) is 1. The van der Waals surface area contributed by atoms with E-state index in [1.165, 1.54) is 0 Å². The molecule has 0 atom stereocenters. The molecule has 0 aliphatic heterocycles. The third-order valence-electron chi connectivity index (χ3n) is 2.66. The summed E-state index contributed by atoms with van der Waals surface area (Å²) in [7, 11) is 1.56. The van der Waals surface area contributed by atoms with E-state index >= 15 is 0 Å².